The number of rotatable bonds is 4. The lowest BCUT2D eigenvalue weighted by molar-refractivity contribution is -0.384. The number of nitrogens with one attached hydrogen (secondary N) is 2. The molecule has 0 aliphatic heterocycles. The summed E-state index contributed by atoms with van der Waals surface area (Å²) < 4.78 is 0. The quantitative estimate of drug-likeness (QED) is 0.660. The van der Waals surface area contributed by atoms with Crippen LogP contribution in [0.3, 0.4) is 0 Å². The van der Waals surface area contributed by atoms with Gasteiger partial charge in [-0.25, -0.2) is 0 Å². The molecule has 1 amide bonds. The van der Waals surface area contributed by atoms with Gasteiger partial charge in [0.15, 0.2) is 0 Å². The van der Waals surface area contributed by atoms with Gasteiger partial charge in [-0.05, 0) is 37.7 Å². The van der Waals surface area contributed by atoms with Crippen molar-refractivity contribution < 1.29 is 9.72 Å². The molecule has 0 aromatic heterocycles. The molecule has 0 bridgehead atoms. The van der Waals surface area contributed by atoms with E-state index in [4.69, 9.17) is 0 Å². The fourth-order valence-corrected chi connectivity index (χ4v) is 2.72. The Kier molecular flexibility index (Phi) is 4.77. The number of amides is 1. The van der Waals surface area contributed by atoms with Gasteiger partial charge in [-0.3, -0.25) is 14.9 Å². The van der Waals surface area contributed by atoms with Crippen LogP contribution >= 0.6 is 0 Å². The second kappa shape index (κ2) is 6.56. The average Bonchev–Trinajstić information content (AvgIpc) is 2.48. The Morgan fingerprint density at radius 1 is 1.29 bits per heavy atom. The van der Waals surface area contributed by atoms with Crippen LogP contribution in [-0.2, 0) is 0 Å². The van der Waals surface area contributed by atoms with Gasteiger partial charge in [0.1, 0.15) is 0 Å². The molecule has 1 aliphatic carbocycles. The number of carbonyl (C=O) groups is 1. The monoisotopic (exact) mass is 291 g/mol. The fraction of sp³-hybridized carbons (Fsp3) is 0.533. The van der Waals surface area contributed by atoms with Crippen LogP contribution in [-0.4, -0.2) is 23.9 Å². The Morgan fingerprint density at radius 3 is 2.52 bits per heavy atom. The summed E-state index contributed by atoms with van der Waals surface area (Å²) in [5, 5.41) is 16.8. The number of anilines is 1. The summed E-state index contributed by atoms with van der Waals surface area (Å²) in [4.78, 5) is 22.7. The number of non-ortho nitro benzene ring substituents is 1. The number of hydrogen-bond acceptors (Lipinski definition) is 4. The van der Waals surface area contributed by atoms with Gasteiger partial charge >= 0.3 is 0 Å². The normalized spacial score (nSPS) is 21.6. The van der Waals surface area contributed by atoms with E-state index in [1.165, 1.54) is 12.1 Å². The minimum Gasteiger partial charge on any atom is -0.387 e. The molecule has 114 valence electrons. The lowest BCUT2D eigenvalue weighted by Gasteiger charge is -2.27. The maximum Gasteiger partial charge on any atom is 0.270 e. The maximum atomic E-state index is 12.4. The molecule has 0 saturated heterocycles. The van der Waals surface area contributed by atoms with Crippen molar-refractivity contribution >= 4 is 17.3 Å². The zero-order valence-corrected chi connectivity index (χ0v) is 12.4. The van der Waals surface area contributed by atoms with Crippen molar-refractivity contribution in [3.05, 3.63) is 33.9 Å². The molecular formula is C15H21N3O3. The number of hydrogen-bond donors (Lipinski definition) is 2. The molecule has 0 atom stereocenters. The van der Waals surface area contributed by atoms with Crippen LogP contribution in [0.2, 0.25) is 0 Å². The molecule has 0 heterocycles. The summed E-state index contributed by atoms with van der Waals surface area (Å²) in [7, 11) is 1.69. The van der Waals surface area contributed by atoms with Gasteiger partial charge < -0.3 is 10.6 Å². The standard InChI is InChI=1S/C15H21N3O3/c1-10-3-5-11(6-4-10)17-15(19)13-9-12(18(20)21)7-8-14(13)16-2/h7-11,16H,3-6H2,1-2H3,(H,17,19). The number of nitrogens with zero attached hydrogens (tertiary/aromatic N) is 1. The molecule has 1 aromatic carbocycles. The highest BCUT2D eigenvalue weighted by atomic mass is 16.6. The number of nitro benzene ring substituents is 1. The molecular weight excluding hydrogens is 270 g/mol. The third-order valence-electron chi connectivity index (χ3n) is 4.08. The van der Waals surface area contributed by atoms with Crippen LogP contribution in [0.1, 0.15) is 43.0 Å². The van der Waals surface area contributed by atoms with E-state index in [0.717, 1.165) is 25.7 Å². The predicted octanol–water partition coefficient (Wildman–Crippen LogP) is 2.95. The topological polar surface area (TPSA) is 84.3 Å². The Labute approximate surface area is 124 Å². The Bertz CT molecular complexity index is 537. The highest BCUT2D eigenvalue weighted by Gasteiger charge is 2.22. The minimum absolute atomic E-state index is 0.0728. The molecule has 6 heteroatoms. The first-order valence-electron chi connectivity index (χ1n) is 7.28. The first kappa shape index (κ1) is 15.3. The van der Waals surface area contributed by atoms with Crippen LogP contribution < -0.4 is 10.6 Å². The van der Waals surface area contributed by atoms with Crippen LogP contribution in [0.25, 0.3) is 0 Å². The third kappa shape index (κ3) is 3.71. The van der Waals surface area contributed by atoms with Gasteiger partial charge in [0.05, 0.1) is 10.5 Å². The second-order valence-electron chi connectivity index (χ2n) is 5.67. The minimum atomic E-state index is -0.488. The molecule has 0 spiro atoms. The molecule has 2 rings (SSSR count). The highest BCUT2D eigenvalue weighted by molar-refractivity contribution is 6.00. The molecule has 1 saturated carbocycles. The molecule has 1 aromatic rings. The summed E-state index contributed by atoms with van der Waals surface area (Å²) >= 11 is 0. The van der Waals surface area contributed by atoms with Crippen molar-refractivity contribution in [1.82, 2.24) is 5.32 Å². The first-order chi connectivity index (χ1) is 10.0. The van der Waals surface area contributed by atoms with E-state index in [0.29, 0.717) is 17.2 Å². The van der Waals surface area contributed by atoms with Crippen molar-refractivity contribution in [2.45, 2.75) is 38.6 Å². The Hall–Kier alpha value is -2.11. The third-order valence-corrected chi connectivity index (χ3v) is 4.08. The van der Waals surface area contributed by atoms with E-state index < -0.39 is 4.92 Å². The van der Waals surface area contributed by atoms with Gasteiger partial charge in [0.2, 0.25) is 0 Å². The SMILES string of the molecule is CNc1ccc([N+](=O)[O-])cc1C(=O)NC1CCC(C)CC1. The zero-order valence-electron chi connectivity index (χ0n) is 12.4. The molecule has 1 aliphatic rings. The van der Waals surface area contributed by atoms with Gasteiger partial charge in [0, 0.05) is 30.9 Å². The Morgan fingerprint density at radius 2 is 1.95 bits per heavy atom. The summed E-state index contributed by atoms with van der Waals surface area (Å²) in [5.74, 6) is 0.464. The summed E-state index contributed by atoms with van der Waals surface area (Å²) in [6.07, 6.45) is 4.16. The first-order valence-corrected chi connectivity index (χ1v) is 7.28. The van der Waals surface area contributed by atoms with E-state index in [1.807, 2.05) is 0 Å². The number of carbonyl (C=O) groups excluding carboxylic acids is 1. The maximum absolute atomic E-state index is 12.4. The smallest absolute Gasteiger partial charge is 0.270 e. The van der Waals surface area contributed by atoms with E-state index >= 15 is 0 Å². The summed E-state index contributed by atoms with van der Waals surface area (Å²) in [6.45, 7) is 2.22. The summed E-state index contributed by atoms with van der Waals surface area (Å²) in [5.41, 5.74) is 0.851. The van der Waals surface area contributed by atoms with Crippen molar-refractivity contribution in [1.29, 1.82) is 0 Å². The van der Waals surface area contributed by atoms with Crippen LogP contribution in [0.15, 0.2) is 18.2 Å². The number of nitro groups is 1. The molecule has 0 radical (unpaired) electrons. The van der Waals surface area contributed by atoms with Gasteiger partial charge in [-0.1, -0.05) is 6.92 Å². The molecule has 1 fully saturated rings. The lowest BCUT2D eigenvalue weighted by Crippen LogP contribution is -2.37. The molecule has 21 heavy (non-hydrogen) atoms. The van der Waals surface area contributed by atoms with E-state index in [2.05, 4.69) is 17.6 Å². The number of benzene rings is 1. The van der Waals surface area contributed by atoms with E-state index in [1.54, 1.807) is 13.1 Å². The van der Waals surface area contributed by atoms with Crippen molar-refractivity contribution in [3.63, 3.8) is 0 Å². The highest BCUT2D eigenvalue weighted by Crippen LogP contribution is 2.25. The van der Waals surface area contributed by atoms with E-state index in [9.17, 15) is 14.9 Å². The predicted molar refractivity (Wildman–Crippen MR) is 81.5 cm³/mol. The second-order valence-corrected chi connectivity index (χ2v) is 5.67. The molecule has 6 nitrogen and oxygen atoms in total. The zero-order chi connectivity index (χ0) is 15.4. The van der Waals surface area contributed by atoms with E-state index in [-0.39, 0.29) is 17.6 Å². The van der Waals surface area contributed by atoms with Crippen molar-refractivity contribution in [2.24, 2.45) is 5.92 Å². The van der Waals surface area contributed by atoms with Gasteiger partial charge in [-0.15, -0.1) is 0 Å². The van der Waals surface area contributed by atoms with Crippen LogP contribution in [0.5, 0.6) is 0 Å². The van der Waals surface area contributed by atoms with Crippen molar-refractivity contribution in [3.8, 4) is 0 Å². The Balaban J connectivity index is 2.13. The fourth-order valence-electron chi connectivity index (χ4n) is 2.72. The average molecular weight is 291 g/mol. The van der Waals surface area contributed by atoms with Gasteiger partial charge in [-0.2, -0.15) is 0 Å². The molecule has 0 unspecified atom stereocenters. The lowest BCUT2D eigenvalue weighted by atomic mass is 9.87. The molecule has 2 N–H and O–H groups in total. The van der Waals surface area contributed by atoms with Crippen LogP contribution in [0.4, 0.5) is 11.4 Å². The largest absolute Gasteiger partial charge is 0.387 e. The van der Waals surface area contributed by atoms with Crippen molar-refractivity contribution in [2.75, 3.05) is 12.4 Å². The van der Waals surface area contributed by atoms with Crippen LogP contribution in [0, 0.1) is 16.0 Å². The summed E-state index contributed by atoms with van der Waals surface area (Å²) in [6, 6.07) is 4.45. The van der Waals surface area contributed by atoms with Gasteiger partial charge in [0.25, 0.3) is 11.6 Å².